The van der Waals surface area contributed by atoms with E-state index in [0.717, 1.165) is 17.5 Å². The average molecular weight is 489 g/mol. The predicted octanol–water partition coefficient (Wildman–Crippen LogP) is 3.05. The summed E-state index contributed by atoms with van der Waals surface area (Å²) in [5.74, 6) is -0.782. The van der Waals surface area contributed by atoms with Crippen LogP contribution in [0.2, 0.25) is 0 Å². The summed E-state index contributed by atoms with van der Waals surface area (Å²) in [5, 5.41) is 16.3. The Morgan fingerprint density at radius 1 is 0.861 bits per heavy atom. The number of aliphatic hydroxyl groups is 1. The molecular weight excluding hydrogens is 456 g/mol. The van der Waals surface area contributed by atoms with E-state index in [4.69, 9.17) is 5.11 Å². The van der Waals surface area contributed by atoms with Gasteiger partial charge in [-0.3, -0.25) is 14.4 Å². The van der Waals surface area contributed by atoms with Crippen LogP contribution in [-0.2, 0) is 40.1 Å². The standard InChI is InChI=1S/C19H22N4O4.C9H10/c1-2-13-6-7-15(22-18(26)11-21-19(27)12-24)9-14(13)10-17(25)23-16-5-3-4-8-20-16;1-2-5-9-7-3-6-8(9)4-1/h3-9,24H,2,10-12H2,1H3,(H,21,27)(H,22,26)(H,20,23,25);1-2,4-5H,3,6-7H2. The van der Waals surface area contributed by atoms with Crippen molar-refractivity contribution in [3.63, 3.8) is 0 Å². The van der Waals surface area contributed by atoms with Gasteiger partial charge in [-0.2, -0.15) is 0 Å². The van der Waals surface area contributed by atoms with Gasteiger partial charge in [-0.1, -0.05) is 43.3 Å². The molecule has 0 unspecified atom stereocenters. The fourth-order valence-electron chi connectivity index (χ4n) is 3.96. The Labute approximate surface area is 211 Å². The zero-order valence-electron chi connectivity index (χ0n) is 20.4. The Hall–Kier alpha value is -4.04. The average Bonchev–Trinajstić information content (AvgIpc) is 3.37. The van der Waals surface area contributed by atoms with Crippen LogP contribution in [0.25, 0.3) is 0 Å². The van der Waals surface area contributed by atoms with Crippen LogP contribution < -0.4 is 16.0 Å². The van der Waals surface area contributed by atoms with Gasteiger partial charge >= 0.3 is 0 Å². The first-order chi connectivity index (χ1) is 17.5. The zero-order chi connectivity index (χ0) is 25.8. The van der Waals surface area contributed by atoms with Crippen molar-refractivity contribution >= 4 is 29.2 Å². The molecule has 1 aromatic heterocycles. The van der Waals surface area contributed by atoms with Gasteiger partial charge in [0.2, 0.25) is 17.7 Å². The van der Waals surface area contributed by atoms with Gasteiger partial charge in [0.05, 0.1) is 13.0 Å². The number of aliphatic hydroxyl groups excluding tert-OH is 1. The van der Waals surface area contributed by atoms with E-state index >= 15 is 0 Å². The minimum absolute atomic E-state index is 0.144. The number of aryl methyl sites for hydroxylation is 3. The number of aromatic nitrogens is 1. The Kier molecular flexibility index (Phi) is 10.1. The molecule has 0 fully saturated rings. The predicted molar refractivity (Wildman–Crippen MR) is 140 cm³/mol. The first-order valence-corrected chi connectivity index (χ1v) is 12.0. The number of amides is 3. The highest BCUT2D eigenvalue weighted by Gasteiger charge is 2.11. The third kappa shape index (κ3) is 8.32. The molecule has 36 heavy (non-hydrogen) atoms. The van der Waals surface area contributed by atoms with Gasteiger partial charge in [-0.05, 0) is 72.2 Å². The van der Waals surface area contributed by atoms with E-state index in [1.165, 1.54) is 19.3 Å². The Morgan fingerprint density at radius 2 is 1.58 bits per heavy atom. The molecule has 0 aliphatic heterocycles. The van der Waals surface area contributed by atoms with Crippen LogP contribution in [-0.4, -0.2) is 41.0 Å². The van der Waals surface area contributed by atoms with Crippen molar-refractivity contribution in [2.24, 2.45) is 0 Å². The second kappa shape index (κ2) is 13.7. The molecule has 0 saturated carbocycles. The van der Waals surface area contributed by atoms with E-state index in [0.29, 0.717) is 11.5 Å². The van der Waals surface area contributed by atoms with E-state index in [1.54, 1.807) is 47.7 Å². The van der Waals surface area contributed by atoms with Gasteiger partial charge in [0, 0.05) is 11.9 Å². The van der Waals surface area contributed by atoms with Crippen LogP contribution in [0.5, 0.6) is 0 Å². The van der Waals surface area contributed by atoms with Crippen molar-refractivity contribution in [3.8, 4) is 0 Å². The molecule has 3 amide bonds. The second-order valence-corrected chi connectivity index (χ2v) is 8.38. The first kappa shape index (κ1) is 26.6. The minimum atomic E-state index is -0.673. The van der Waals surface area contributed by atoms with Crippen molar-refractivity contribution in [3.05, 3.63) is 89.1 Å². The highest BCUT2D eigenvalue weighted by molar-refractivity contribution is 5.95. The SMILES string of the molecule is CCc1ccc(NC(=O)CNC(=O)CO)cc1CC(=O)Nc1ccccn1.c1ccc2c(c1)CCC2. The quantitative estimate of drug-likeness (QED) is 0.388. The summed E-state index contributed by atoms with van der Waals surface area (Å²) in [6.45, 7) is 1.07. The lowest BCUT2D eigenvalue weighted by Crippen LogP contribution is -2.34. The van der Waals surface area contributed by atoms with E-state index in [-0.39, 0.29) is 18.9 Å². The van der Waals surface area contributed by atoms with Crippen LogP contribution in [0.3, 0.4) is 0 Å². The molecular formula is C28H32N4O4. The zero-order valence-corrected chi connectivity index (χ0v) is 20.4. The molecule has 1 aliphatic carbocycles. The number of anilines is 2. The number of hydrogen-bond acceptors (Lipinski definition) is 5. The molecule has 0 radical (unpaired) electrons. The first-order valence-electron chi connectivity index (χ1n) is 12.0. The van der Waals surface area contributed by atoms with Crippen molar-refractivity contribution in [1.82, 2.24) is 10.3 Å². The smallest absolute Gasteiger partial charge is 0.246 e. The monoisotopic (exact) mass is 488 g/mol. The maximum Gasteiger partial charge on any atom is 0.246 e. The molecule has 0 bridgehead atoms. The fraction of sp³-hybridized carbons (Fsp3) is 0.286. The second-order valence-electron chi connectivity index (χ2n) is 8.38. The third-order valence-electron chi connectivity index (χ3n) is 5.75. The molecule has 188 valence electrons. The molecule has 0 spiro atoms. The summed E-state index contributed by atoms with van der Waals surface area (Å²) in [5.41, 5.74) is 5.45. The van der Waals surface area contributed by atoms with Gasteiger partial charge < -0.3 is 21.1 Å². The Balaban J connectivity index is 0.000000331. The van der Waals surface area contributed by atoms with Gasteiger partial charge in [0.25, 0.3) is 0 Å². The van der Waals surface area contributed by atoms with Crippen LogP contribution in [0, 0.1) is 0 Å². The van der Waals surface area contributed by atoms with Crippen LogP contribution >= 0.6 is 0 Å². The molecule has 2 aromatic carbocycles. The lowest BCUT2D eigenvalue weighted by atomic mass is 10.0. The topological polar surface area (TPSA) is 120 Å². The number of carbonyl (C=O) groups is 3. The summed E-state index contributed by atoms with van der Waals surface area (Å²) in [6, 6.07) is 19.3. The van der Waals surface area contributed by atoms with Gasteiger partial charge in [0.1, 0.15) is 12.4 Å². The molecule has 4 N–H and O–H groups in total. The number of rotatable bonds is 8. The molecule has 0 atom stereocenters. The highest BCUT2D eigenvalue weighted by atomic mass is 16.3. The number of nitrogens with zero attached hydrogens (tertiary/aromatic N) is 1. The van der Waals surface area contributed by atoms with E-state index in [1.807, 2.05) is 13.0 Å². The summed E-state index contributed by atoms with van der Waals surface area (Å²) in [6.07, 6.45) is 6.45. The minimum Gasteiger partial charge on any atom is -0.387 e. The number of fused-ring (bicyclic) bond motifs is 1. The highest BCUT2D eigenvalue weighted by Crippen LogP contribution is 2.20. The van der Waals surface area contributed by atoms with E-state index < -0.39 is 18.4 Å². The van der Waals surface area contributed by atoms with Crippen molar-refractivity contribution in [2.45, 2.75) is 39.0 Å². The number of benzene rings is 2. The molecule has 1 aliphatic rings. The number of pyridine rings is 1. The van der Waals surface area contributed by atoms with Crippen molar-refractivity contribution < 1.29 is 19.5 Å². The van der Waals surface area contributed by atoms with Crippen LogP contribution in [0.15, 0.2) is 66.9 Å². The van der Waals surface area contributed by atoms with E-state index in [2.05, 4.69) is 45.2 Å². The normalized spacial score (nSPS) is 11.5. The molecule has 0 saturated heterocycles. The van der Waals surface area contributed by atoms with Crippen molar-refractivity contribution in [2.75, 3.05) is 23.8 Å². The molecule has 8 nitrogen and oxygen atoms in total. The lowest BCUT2D eigenvalue weighted by Gasteiger charge is -2.12. The maximum atomic E-state index is 12.3. The van der Waals surface area contributed by atoms with E-state index in [9.17, 15) is 14.4 Å². The number of carbonyl (C=O) groups excluding carboxylic acids is 3. The van der Waals surface area contributed by atoms with Gasteiger partial charge in [-0.15, -0.1) is 0 Å². The molecule has 4 rings (SSSR count). The Bertz CT molecular complexity index is 1160. The van der Waals surface area contributed by atoms with Crippen LogP contribution in [0.4, 0.5) is 11.5 Å². The molecule has 1 heterocycles. The maximum absolute atomic E-state index is 12.3. The van der Waals surface area contributed by atoms with Gasteiger partial charge in [0.15, 0.2) is 0 Å². The molecule has 3 aromatic rings. The summed E-state index contributed by atoms with van der Waals surface area (Å²) in [4.78, 5) is 39.2. The number of hydrogen-bond donors (Lipinski definition) is 4. The molecule has 8 heteroatoms. The van der Waals surface area contributed by atoms with Gasteiger partial charge in [-0.25, -0.2) is 4.98 Å². The fourth-order valence-corrected chi connectivity index (χ4v) is 3.96. The summed E-state index contributed by atoms with van der Waals surface area (Å²) >= 11 is 0. The van der Waals surface area contributed by atoms with Crippen LogP contribution in [0.1, 0.15) is 35.6 Å². The third-order valence-corrected chi connectivity index (χ3v) is 5.75. The Morgan fingerprint density at radius 3 is 2.22 bits per heavy atom. The lowest BCUT2D eigenvalue weighted by molar-refractivity contribution is -0.126. The van der Waals surface area contributed by atoms with Crippen molar-refractivity contribution in [1.29, 1.82) is 0 Å². The largest absolute Gasteiger partial charge is 0.387 e. The summed E-state index contributed by atoms with van der Waals surface area (Å²) < 4.78 is 0. The number of nitrogens with one attached hydrogen (secondary N) is 3. The summed E-state index contributed by atoms with van der Waals surface area (Å²) in [7, 11) is 0.